The van der Waals surface area contributed by atoms with Gasteiger partial charge in [0.25, 0.3) is 5.91 Å². The molecule has 10 heteroatoms. The number of anilines is 2. The number of aromatic hydroxyl groups is 1. The van der Waals surface area contributed by atoms with Crippen LogP contribution >= 0.6 is 0 Å². The van der Waals surface area contributed by atoms with Crippen LogP contribution in [0.2, 0.25) is 0 Å². The van der Waals surface area contributed by atoms with E-state index >= 15 is 0 Å². The fourth-order valence-corrected chi connectivity index (χ4v) is 2.16. The first-order valence-electron chi connectivity index (χ1n) is 7.82. The summed E-state index contributed by atoms with van der Waals surface area (Å²) in [5.74, 6) is -0.377. The Morgan fingerprint density at radius 3 is 2.44 bits per heavy atom. The van der Waals surface area contributed by atoms with Crippen molar-refractivity contribution in [2.45, 2.75) is 6.54 Å². The molecule has 0 aliphatic heterocycles. The van der Waals surface area contributed by atoms with Crippen LogP contribution in [0.5, 0.6) is 11.5 Å². The number of benzene rings is 1. The molecule has 3 rings (SSSR count). The third-order valence-electron chi connectivity index (χ3n) is 3.41. The highest BCUT2D eigenvalue weighted by molar-refractivity contribution is 6.01. The quantitative estimate of drug-likeness (QED) is 0.597. The molecule has 27 heavy (non-hydrogen) atoms. The summed E-state index contributed by atoms with van der Waals surface area (Å²) in [6, 6.07) is 6.93. The Bertz CT molecular complexity index is 937. The Hall–Kier alpha value is -3.95. The highest BCUT2D eigenvalue weighted by Crippen LogP contribution is 2.15. The van der Waals surface area contributed by atoms with Gasteiger partial charge < -0.3 is 20.5 Å². The predicted molar refractivity (Wildman–Crippen MR) is 95.5 cm³/mol. The van der Waals surface area contributed by atoms with Gasteiger partial charge in [0.2, 0.25) is 11.7 Å². The lowest BCUT2D eigenvalue weighted by molar-refractivity contribution is -0.116. The molecule has 3 N–H and O–H groups in total. The Labute approximate surface area is 153 Å². The minimum absolute atomic E-state index is 0.0301. The molecule has 0 fully saturated rings. The normalized spacial score (nSPS) is 10.3. The predicted octanol–water partition coefficient (Wildman–Crippen LogP) is 1.28. The summed E-state index contributed by atoms with van der Waals surface area (Å²) in [6.07, 6.45) is 5.15. The number of rotatable bonds is 6. The van der Waals surface area contributed by atoms with E-state index in [-0.39, 0.29) is 24.0 Å². The zero-order chi connectivity index (χ0) is 19.2. The molecule has 0 aliphatic rings. The van der Waals surface area contributed by atoms with Gasteiger partial charge in [0.05, 0.1) is 31.4 Å². The lowest BCUT2D eigenvalue weighted by Crippen LogP contribution is -2.19. The minimum Gasteiger partial charge on any atom is -0.505 e. The van der Waals surface area contributed by atoms with Crippen molar-refractivity contribution < 1.29 is 19.4 Å². The number of amides is 2. The van der Waals surface area contributed by atoms with Gasteiger partial charge in [-0.3, -0.25) is 14.3 Å². The van der Waals surface area contributed by atoms with Gasteiger partial charge in [-0.05, 0) is 24.3 Å². The third kappa shape index (κ3) is 4.78. The first kappa shape index (κ1) is 17.9. The fraction of sp³-hybridized carbons (Fsp3) is 0.118. The van der Waals surface area contributed by atoms with Crippen molar-refractivity contribution in [3.8, 4) is 11.5 Å². The van der Waals surface area contributed by atoms with E-state index in [1.165, 1.54) is 17.1 Å². The van der Waals surface area contributed by atoms with Gasteiger partial charge in [-0.25, -0.2) is 9.97 Å². The Morgan fingerprint density at radius 1 is 1.07 bits per heavy atom. The fourth-order valence-electron chi connectivity index (χ4n) is 2.16. The zero-order valence-corrected chi connectivity index (χ0v) is 14.3. The topological polar surface area (TPSA) is 131 Å². The molecule has 2 amide bonds. The van der Waals surface area contributed by atoms with E-state index < -0.39 is 5.91 Å². The van der Waals surface area contributed by atoms with Gasteiger partial charge in [0.15, 0.2) is 5.75 Å². The van der Waals surface area contributed by atoms with Gasteiger partial charge in [-0.1, -0.05) is 0 Å². The molecular formula is C17H16N6O4. The van der Waals surface area contributed by atoms with E-state index in [4.69, 9.17) is 9.84 Å². The zero-order valence-electron chi connectivity index (χ0n) is 14.3. The molecule has 0 atom stereocenters. The van der Waals surface area contributed by atoms with Crippen LogP contribution in [0, 0.1) is 0 Å². The van der Waals surface area contributed by atoms with Crippen molar-refractivity contribution in [1.29, 1.82) is 0 Å². The van der Waals surface area contributed by atoms with Crippen molar-refractivity contribution in [3.63, 3.8) is 0 Å². The number of carbonyl (C=O) groups excluding carboxylic acids is 2. The molecule has 0 radical (unpaired) electrons. The second-order valence-electron chi connectivity index (χ2n) is 5.42. The smallest absolute Gasteiger partial charge is 0.293 e. The first-order chi connectivity index (χ1) is 13.0. The van der Waals surface area contributed by atoms with Crippen molar-refractivity contribution in [3.05, 3.63) is 54.9 Å². The van der Waals surface area contributed by atoms with Gasteiger partial charge in [-0.2, -0.15) is 5.10 Å². The second kappa shape index (κ2) is 7.95. The molecule has 3 aromatic rings. The van der Waals surface area contributed by atoms with E-state index in [0.29, 0.717) is 17.1 Å². The maximum absolute atomic E-state index is 12.1. The molecule has 0 unspecified atom stereocenters. The van der Waals surface area contributed by atoms with Gasteiger partial charge in [-0.15, -0.1) is 0 Å². The van der Waals surface area contributed by atoms with Crippen LogP contribution in [-0.2, 0) is 11.3 Å². The highest BCUT2D eigenvalue weighted by atomic mass is 16.5. The summed E-state index contributed by atoms with van der Waals surface area (Å²) in [5, 5.41) is 18.5. The van der Waals surface area contributed by atoms with Crippen LogP contribution in [0.15, 0.2) is 49.1 Å². The molecule has 0 bridgehead atoms. The first-order valence-corrected chi connectivity index (χ1v) is 7.82. The average molecular weight is 368 g/mol. The van der Waals surface area contributed by atoms with Crippen molar-refractivity contribution in [2.24, 2.45) is 0 Å². The summed E-state index contributed by atoms with van der Waals surface area (Å²) < 4.78 is 6.44. The third-order valence-corrected chi connectivity index (χ3v) is 3.41. The van der Waals surface area contributed by atoms with E-state index in [0.717, 1.165) is 12.4 Å². The Kier molecular flexibility index (Phi) is 5.26. The molecule has 2 aromatic heterocycles. The van der Waals surface area contributed by atoms with Crippen LogP contribution in [0.1, 0.15) is 10.6 Å². The number of nitrogens with zero attached hydrogens (tertiary/aromatic N) is 4. The minimum atomic E-state index is -0.558. The monoisotopic (exact) mass is 368 g/mol. The van der Waals surface area contributed by atoms with E-state index in [9.17, 15) is 9.59 Å². The van der Waals surface area contributed by atoms with Gasteiger partial charge in [0.1, 0.15) is 12.3 Å². The van der Waals surface area contributed by atoms with Crippen LogP contribution in [-0.4, -0.2) is 43.8 Å². The summed E-state index contributed by atoms with van der Waals surface area (Å²) >= 11 is 0. The Morgan fingerprint density at radius 2 is 1.78 bits per heavy atom. The molecule has 138 valence electrons. The number of ether oxygens (including phenoxy) is 1. The number of methoxy groups -OCH3 is 1. The number of aromatic nitrogens is 4. The molecule has 10 nitrogen and oxygen atoms in total. The van der Waals surface area contributed by atoms with Crippen LogP contribution in [0.25, 0.3) is 0 Å². The average Bonchev–Trinajstić information content (AvgIpc) is 3.09. The van der Waals surface area contributed by atoms with Crippen molar-refractivity contribution >= 4 is 23.2 Å². The largest absolute Gasteiger partial charge is 0.505 e. The van der Waals surface area contributed by atoms with E-state index in [1.807, 2.05) is 0 Å². The van der Waals surface area contributed by atoms with E-state index in [2.05, 4.69) is 25.7 Å². The molecule has 0 saturated heterocycles. The maximum atomic E-state index is 12.1. The highest BCUT2D eigenvalue weighted by Gasteiger charge is 2.11. The number of hydrogen-bond acceptors (Lipinski definition) is 7. The standard InChI is InChI=1S/C17H16N6O4/c1-27-14-4-2-11(3-5-14)21-15(25)10-23-9-12(6-20-23)22-17(26)16-18-7-13(24)8-19-16/h2-9,24H,10H2,1H3,(H,21,25)(H,22,26). The summed E-state index contributed by atoms with van der Waals surface area (Å²) in [7, 11) is 1.56. The molecule has 1 aromatic carbocycles. The second-order valence-corrected chi connectivity index (χ2v) is 5.42. The summed E-state index contributed by atoms with van der Waals surface area (Å²) in [5.41, 5.74) is 1.01. The molecule has 0 spiro atoms. The summed E-state index contributed by atoms with van der Waals surface area (Å²) in [6.45, 7) is -0.0301. The molecule has 2 heterocycles. The van der Waals surface area contributed by atoms with Crippen molar-refractivity contribution in [1.82, 2.24) is 19.7 Å². The summed E-state index contributed by atoms with van der Waals surface area (Å²) in [4.78, 5) is 31.5. The van der Waals surface area contributed by atoms with Gasteiger partial charge >= 0.3 is 0 Å². The lowest BCUT2D eigenvalue weighted by Gasteiger charge is -2.06. The lowest BCUT2D eigenvalue weighted by atomic mass is 10.3. The molecule has 0 aliphatic carbocycles. The number of carbonyl (C=O) groups is 2. The van der Waals surface area contributed by atoms with E-state index in [1.54, 1.807) is 31.4 Å². The Balaban J connectivity index is 1.55. The van der Waals surface area contributed by atoms with Crippen molar-refractivity contribution in [2.75, 3.05) is 17.7 Å². The van der Waals surface area contributed by atoms with Crippen LogP contribution < -0.4 is 15.4 Å². The molecule has 0 saturated carbocycles. The SMILES string of the molecule is COc1ccc(NC(=O)Cn2cc(NC(=O)c3ncc(O)cn3)cn2)cc1. The van der Waals surface area contributed by atoms with Gasteiger partial charge in [0, 0.05) is 11.9 Å². The van der Waals surface area contributed by atoms with Crippen LogP contribution in [0.4, 0.5) is 11.4 Å². The maximum Gasteiger partial charge on any atom is 0.293 e. The van der Waals surface area contributed by atoms with Crippen LogP contribution in [0.3, 0.4) is 0 Å². The molecular weight excluding hydrogens is 352 g/mol. The number of hydrogen-bond donors (Lipinski definition) is 3. The number of nitrogens with one attached hydrogen (secondary N) is 2.